The van der Waals surface area contributed by atoms with E-state index in [2.05, 4.69) is 5.32 Å². The van der Waals surface area contributed by atoms with E-state index in [1.165, 1.54) is 18.5 Å². The molecule has 0 bridgehead atoms. The van der Waals surface area contributed by atoms with Crippen molar-refractivity contribution >= 4 is 21.6 Å². The summed E-state index contributed by atoms with van der Waals surface area (Å²) < 4.78 is 42.3. The Kier molecular flexibility index (Phi) is 8.37. The van der Waals surface area contributed by atoms with Crippen molar-refractivity contribution in [2.75, 3.05) is 37.9 Å². The van der Waals surface area contributed by atoms with Gasteiger partial charge in [0.15, 0.2) is 11.5 Å². The quantitative estimate of drug-likeness (QED) is 0.419. The average molecular weight is 485 g/mol. The van der Waals surface area contributed by atoms with Gasteiger partial charge in [-0.05, 0) is 42.0 Å². The van der Waals surface area contributed by atoms with Gasteiger partial charge in [-0.3, -0.25) is 9.10 Å². The molecule has 0 saturated heterocycles. The molecule has 0 radical (unpaired) electrons. The van der Waals surface area contributed by atoms with Gasteiger partial charge in [0.2, 0.25) is 10.0 Å². The number of para-hydroxylation sites is 1. The van der Waals surface area contributed by atoms with Crippen molar-refractivity contribution < 1.29 is 27.4 Å². The average Bonchev–Trinajstić information content (AvgIpc) is 2.85. The number of nitrogens with one attached hydrogen (secondary N) is 1. The fourth-order valence-corrected chi connectivity index (χ4v) is 4.14. The van der Waals surface area contributed by atoms with E-state index in [4.69, 9.17) is 14.2 Å². The van der Waals surface area contributed by atoms with Gasteiger partial charge in [0.05, 0.1) is 39.3 Å². The molecule has 0 aromatic heterocycles. The molecule has 8 nitrogen and oxygen atoms in total. The van der Waals surface area contributed by atoms with E-state index in [0.717, 1.165) is 17.6 Å². The van der Waals surface area contributed by atoms with Crippen molar-refractivity contribution in [3.63, 3.8) is 0 Å². The van der Waals surface area contributed by atoms with Crippen molar-refractivity contribution in [3.8, 4) is 17.2 Å². The number of benzene rings is 3. The Bertz CT molecular complexity index is 1200. The van der Waals surface area contributed by atoms with Crippen LogP contribution in [0, 0.1) is 0 Å². The van der Waals surface area contributed by atoms with Gasteiger partial charge < -0.3 is 19.5 Å². The first-order valence-corrected chi connectivity index (χ1v) is 12.4. The second-order valence-electron chi connectivity index (χ2n) is 7.42. The van der Waals surface area contributed by atoms with Crippen LogP contribution in [-0.2, 0) is 16.6 Å². The summed E-state index contributed by atoms with van der Waals surface area (Å²) in [5.41, 5.74) is 1.64. The molecule has 3 aromatic rings. The van der Waals surface area contributed by atoms with Gasteiger partial charge in [0.1, 0.15) is 12.4 Å². The number of sulfonamides is 1. The number of rotatable bonds is 11. The number of anilines is 1. The Morgan fingerprint density at radius 3 is 2.21 bits per heavy atom. The Morgan fingerprint density at radius 1 is 0.912 bits per heavy atom. The third-order valence-corrected chi connectivity index (χ3v) is 6.14. The highest BCUT2D eigenvalue weighted by Gasteiger charge is 2.20. The number of hydrogen-bond donors (Lipinski definition) is 1. The fraction of sp³-hybridized carbons (Fsp3) is 0.240. The summed E-state index contributed by atoms with van der Waals surface area (Å²) in [4.78, 5) is 12.4. The number of carbonyl (C=O) groups is 1. The van der Waals surface area contributed by atoms with E-state index in [0.29, 0.717) is 35.9 Å². The first-order chi connectivity index (χ1) is 16.3. The fourth-order valence-electron chi connectivity index (χ4n) is 3.26. The van der Waals surface area contributed by atoms with E-state index in [1.807, 2.05) is 30.3 Å². The van der Waals surface area contributed by atoms with Crippen LogP contribution < -0.4 is 23.8 Å². The molecule has 0 atom stereocenters. The second kappa shape index (κ2) is 11.4. The van der Waals surface area contributed by atoms with Crippen LogP contribution in [0.4, 0.5) is 5.69 Å². The van der Waals surface area contributed by atoms with E-state index in [1.54, 1.807) is 42.5 Å². The molecule has 0 unspecified atom stereocenters. The monoisotopic (exact) mass is 484 g/mol. The summed E-state index contributed by atoms with van der Waals surface area (Å²) in [7, 11) is -0.577. The standard InChI is InChI=1S/C25H28N2O6S/c1-31-23-14-13-21(17-24(23)32-2)27(34(3,29)30)18-19-9-11-20(12-10-19)25(28)26-15-16-33-22-7-5-4-6-8-22/h4-14,17H,15-16,18H2,1-3H3,(H,26,28). The molecule has 34 heavy (non-hydrogen) atoms. The maximum Gasteiger partial charge on any atom is 0.251 e. The van der Waals surface area contributed by atoms with Crippen LogP contribution in [0.3, 0.4) is 0 Å². The van der Waals surface area contributed by atoms with Gasteiger partial charge in [-0.2, -0.15) is 0 Å². The lowest BCUT2D eigenvalue weighted by atomic mass is 10.1. The molecule has 1 amide bonds. The van der Waals surface area contributed by atoms with Crippen molar-refractivity contribution in [2.45, 2.75) is 6.54 Å². The minimum absolute atomic E-state index is 0.0983. The zero-order valence-electron chi connectivity index (χ0n) is 19.4. The molecule has 0 fully saturated rings. The maximum atomic E-state index is 12.5. The molecule has 180 valence electrons. The highest BCUT2D eigenvalue weighted by Crippen LogP contribution is 2.33. The zero-order chi connectivity index (χ0) is 24.6. The summed E-state index contributed by atoms with van der Waals surface area (Å²) in [6.07, 6.45) is 1.14. The minimum atomic E-state index is -3.58. The predicted octanol–water partition coefficient (Wildman–Crippen LogP) is 3.48. The van der Waals surface area contributed by atoms with Crippen LogP contribution in [0.2, 0.25) is 0 Å². The topological polar surface area (TPSA) is 94.2 Å². The third kappa shape index (κ3) is 6.64. The van der Waals surface area contributed by atoms with Crippen LogP contribution in [-0.4, -0.2) is 48.0 Å². The molecule has 0 aliphatic heterocycles. The summed E-state index contributed by atoms with van der Waals surface area (Å²) in [6.45, 7) is 0.806. The van der Waals surface area contributed by atoms with E-state index in [-0.39, 0.29) is 12.5 Å². The molecule has 9 heteroatoms. The first-order valence-electron chi connectivity index (χ1n) is 10.6. The first kappa shape index (κ1) is 24.9. The van der Waals surface area contributed by atoms with E-state index in [9.17, 15) is 13.2 Å². The molecule has 0 spiro atoms. The van der Waals surface area contributed by atoms with Gasteiger partial charge >= 0.3 is 0 Å². The lowest BCUT2D eigenvalue weighted by molar-refractivity contribution is 0.0947. The molecular weight excluding hydrogens is 456 g/mol. The second-order valence-corrected chi connectivity index (χ2v) is 9.33. The number of nitrogens with zero attached hydrogens (tertiary/aromatic N) is 1. The summed E-state index contributed by atoms with van der Waals surface area (Å²) in [6, 6.07) is 21.1. The van der Waals surface area contributed by atoms with Crippen molar-refractivity contribution in [1.82, 2.24) is 5.32 Å². The largest absolute Gasteiger partial charge is 0.493 e. The van der Waals surface area contributed by atoms with Gasteiger partial charge in [0.25, 0.3) is 5.91 Å². The number of carbonyl (C=O) groups excluding carboxylic acids is 1. The Balaban J connectivity index is 1.63. The predicted molar refractivity (Wildman–Crippen MR) is 131 cm³/mol. The maximum absolute atomic E-state index is 12.5. The van der Waals surface area contributed by atoms with E-state index >= 15 is 0 Å². The highest BCUT2D eigenvalue weighted by atomic mass is 32.2. The lowest BCUT2D eigenvalue weighted by Crippen LogP contribution is -2.29. The summed E-state index contributed by atoms with van der Waals surface area (Å²) in [5, 5.41) is 2.81. The number of ether oxygens (including phenoxy) is 3. The minimum Gasteiger partial charge on any atom is -0.493 e. The van der Waals surface area contributed by atoms with Gasteiger partial charge in [-0.25, -0.2) is 8.42 Å². The highest BCUT2D eigenvalue weighted by molar-refractivity contribution is 7.92. The van der Waals surface area contributed by atoms with E-state index < -0.39 is 10.0 Å². The van der Waals surface area contributed by atoms with Gasteiger partial charge in [-0.1, -0.05) is 30.3 Å². The third-order valence-electron chi connectivity index (χ3n) is 5.00. The van der Waals surface area contributed by atoms with Crippen LogP contribution in [0.1, 0.15) is 15.9 Å². The van der Waals surface area contributed by atoms with Crippen LogP contribution in [0.5, 0.6) is 17.2 Å². The molecule has 0 aliphatic carbocycles. The van der Waals surface area contributed by atoms with Crippen molar-refractivity contribution in [2.24, 2.45) is 0 Å². The number of amides is 1. The van der Waals surface area contributed by atoms with Crippen molar-refractivity contribution in [1.29, 1.82) is 0 Å². The van der Waals surface area contributed by atoms with Gasteiger partial charge in [-0.15, -0.1) is 0 Å². The Morgan fingerprint density at radius 2 is 1.59 bits per heavy atom. The Hall–Kier alpha value is -3.72. The lowest BCUT2D eigenvalue weighted by Gasteiger charge is -2.23. The summed E-state index contributed by atoms with van der Waals surface area (Å²) >= 11 is 0. The van der Waals surface area contributed by atoms with Crippen LogP contribution in [0.25, 0.3) is 0 Å². The molecule has 0 aliphatic rings. The smallest absolute Gasteiger partial charge is 0.251 e. The van der Waals surface area contributed by atoms with Crippen LogP contribution >= 0.6 is 0 Å². The zero-order valence-corrected chi connectivity index (χ0v) is 20.2. The molecule has 0 heterocycles. The molecular formula is C25H28N2O6S. The summed E-state index contributed by atoms with van der Waals surface area (Å²) in [5.74, 6) is 1.44. The normalized spacial score (nSPS) is 10.9. The van der Waals surface area contributed by atoms with Gasteiger partial charge in [0, 0.05) is 11.6 Å². The Labute approximate surface area is 200 Å². The van der Waals surface area contributed by atoms with Crippen molar-refractivity contribution in [3.05, 3.63) is 83.9 Å². The van der Waals surface area contributed by atoms with Crippen LogP contribution in [0.15, 0.2) is 72.8 Å². The SMILES string of the molecule is COc1ccc(N(Cc2ccc(C(=O)NCCOc3ccccc3)cc2)S(C)(=O)=O)cc1OC. The molecule has 3 aromatic carbocycles. The molecule has 0 saturated carbocycles. The molecule has 1 N–H and O–H groups in total. The number of hydrogen-bond acceptors (Lipinski definition) is 6. The number of methoxy groups -OCH3 is 2. The molecule has 3 rings (SSSR count).